The number of hydrogen-bond donors (Lipinski definition) is 2. The molecule has 0 spiro atoms. The highest BCUT2D eigenvalue weighted by Crippen LogP contribution is 2.16. The summed E-state index contributed by atoms with van der Waals surface area (Å²) in [6, 6.07) is 5.44. The van der Waals surface area contributed by atoms with Crippen molar-refractivity contribution in [2.24, 2.45) is 0 Å². The molecule has 0 heterocycles. The largest absolute Gasteiger partial charge is 0.355 e. The van der Waals surface area contributed by atoms with Gasteiger partial charge in [-0.25, -0.2) is 0 Å². The molecule has 19 heavy (non-hydrogen) atoms. The fourth-order valence-corrected chi connectivity index (χ4v) is 1.97. The lowest BCUT2D eigenvalue weighted by atomic mass is 10.1. The maximum atomic E-state index is 12.4. The van der Waals surface area contributed by atoms with Gasteiger partial charge in [0.1, 0.15) is 0 Å². The first-order chi connectivity index (χ1) is 8.99. The number of nitrogens with zero attached hydrogens (tertiary/aromatic N) is 1. The van der Waals surface area contributed by atoms with Crippen molar-refractivity contribution in [3.63, 3.8) is 0 Å². The van der Waals surface area contributed by atoms with Gasteiger partial charge in [0.05, 0.1) is 6.54 Å². The molecule has 0 aliphatic carbocycles. The fourth-order valence-electron chi connectivity index (χ4n) is 1.76. The minimum absolute atomic E-state index is 0.0828. The van der Waals surface area contributed by atoms with Crippen LogP contribution in [0, 0.1) is 6.92 Å². The predicted octanol–water partition coefficient (Wildman–Crippen LogP) is 1.88. The van der Waals surface area contributed by atoms with Gasteiger partial charge in [-0.1, -0.05) is 6.07 Å². The van der Waals surface area contributed by atoms with E-state index in [1.807, 2.05) is 32.9 Å². The number of carbonyl (C=O) groups is 2. The van der Waals surface area contributed by atoms with Crippen molar-refractivity contribution in [2.45, 2.75) is 25.7 Å². The van der Waals surface area contributed by atoms with Gasteiger partial charge in [0.15, 0.2) is 0 Å². The lowest BCUT2D eigenvalue weighted by molar-refractivity contribution is -0.121. The molecule has 0 unspecified atom stereocenters. The smallest absolute Gasteiger partial charge is 0.254 e. The van der Waals surface area contributed by atoms with Crippen LogP contribution in [0.4, 0.5) is 0 Å². The Morgan fingerprint density at radius 1 is 1.32 bits per heavy atom. The lowest BCUT2D eigenvalue weighted by Crippen LogP contribution is -2.40. The van der Waals surface area contributed by atoms with Gasteiger partial charge in [-0.2, -0.15) is 0 Å². The average Bonchev–Trinajstić information content (AvgIpc) is 2.38. The van der Waals surface area contributed by atoms with Gasteiger partial charge >= 0.3 is 0 Å². The average molecular weight is 280 g/mol. The number of carbonyl (C=O) groups excluding carboxylic acids is 2. The highest BCUT2D eigenvalue weighted by molar-refractivity contribution is 7.80. The highest BCUT2D eigenvalue weighted by Gasteiger charge is 2.18. The molecule has 1 N–H and O–H groups in total. The molecule has 1 aromatic carbocycles. The molecule has 0 aliphatic rings. The van der Waals surface area contributed by atoms with Crippen LogP contribution in [-0.2, 0) is 4.79 Å². The highest BCUT2D eigenvalue weighted by atomic mass is 32.1. The third-order valence-electron chi connectivity index (χ3n) is 2.83. The van der Waals surface area contributed by atoms with Crippen LogP contribution in [0.15, 0.2) is 23.1 Å². The van der Waals surface area contributed by atoms with Gasteiger partial charge in [-0.15, -0.1) is 12.6 Å². The van der Waals surface area contributed by atoms with E-state index in [2.05, 4.69) is 17.9 Å². The summed E-state index contributed by atoms with van der Waals surface area (Å²) in [5, 5.41) is 2.69. The third-order valence-corrected chi connectivity index (χ3v) is 3.11. The molecule has 0 fully saturated rings. The van der Waals surface area contributed by atoms with E-state index < -0.39 is 0 Å². The number of likely N-dealkylation sites (N-methyl/N-ethyl adjacent to an activating group) is 2. The Balaban J connectivity index is 2.89. The quantitative estimate of drug-likeness (QED) is 0.809. The minimum atomic E-state index is -0.141. The summed E-state index contributed by atoms with van der Waals surface area (Å²) in [5.41, 5.74) is 1.48. The van der Waals surface area contributed by atoms with E-state index in [4.69, 9.17) is 0 Å². The second-order valence-electron chi connectivity index (χ2n) is 4.27. The van der Waals surface area contributed by atoms with Gasteiger partial charge in [-0.3, -0.25) is 9.59 Å². The molecular formula is C14H20N2O2S. The van der Waals surface area contributed by atoms with Crippen molar-refractivity contribution < 1.29 is 9.59 Å². The Bertz CT molecular complexity index is 475. The summed E-state index contributed by atoms with van der Waals surface area (Å²) in [4.78, 5) is 26.2. The second-order valence-corrected chi connectivity index (χ2v) is 4.79. The number of rotatable bonds is 5. The van der Waals surface area contributed by atoms with Crippen molar-refractivity contribution in [1.29, 1.82) is 0 Å². The Morgan fingerprint density at radius 2 is 2.00 bits per heavy atom. The van der Waals surface area contributed by atoms with Crippen LogP contribution in [-0.4, -0.2) is 36.3 Å². The number of amides is 2. The lowest BCUT2D eigenvalue weighted by Gasteiger charge is -2.21. The SMILES string of the molecule is CCNC(=O)CN(CC)C(=O)c1cc(S)ccc1C. The molecule has 4 nitrogen and oxygen atoms in total. The fraction of sp³-hybridized carbons (Fsp3) is 0.429. The van der Waals surface area contributed by atoms with Crippen LogP contribution in [0.1, 0.15) is 29.8 Å². The molecule has 1 rings (SSSR count). The first-order valence-corrected chi connectivity index (χ1v) is 6.79. The number of aryl methyl sites for hydroxylation is 1. The van der Waals surface area contributed by atoms with E-state index in [0.717, 1.165) is 10.5 Å². The number of benzene rings is 1. The Kier molecular flexibility index (Phi) is 5.89. The maximum absolute atomic E-state index is 12.4. The summed E-state index contributed by atoms with van der Waals surface area (Å²) in [6.07, 6.45) is 0. The number of thiol groups is 1. The van der Waals surface area contributed by atoms with Gasteiger partial charge in [0.2, 0.25) is 5.91 Å². The molecule has 0 saturated carbocycles. The number of nitrogens with one attached hydrogen (secondary N) is 1. The van der Waals surface area contributed by atoms with Crippen molar-refractivity contribution in [2.75, 3.05) is 19.6 Å². The maximum Gasteiger partial charge on any atom is 0.254 e. The monoisotopic (exact) mass is 280 g/mol. The summed E-state index contributed by atoms with van der Waals surface area (Å²) >= 11 is 4.25. The van der Waals surface area contributed by atoms with Crippen LogP contribution in [0.25, 0.3) is 0 Å². The van der Waals surface area contributed by atoms with Gasteiger partial charge in [-0.05, 0) is 38.5 Å². The third kappa shape index (κ3) is 4.28. The van der Waals surface area contributed by atoms with Crippen molar-refractivity contribution >= 4 is 24.4 Å². The first-order valence-electron chi connectivity index (χ1n) is 6.35. The van der Waals surface area contributed by atoms with Crippen LogP contribution in [0.2, 0.25) is 0 Å². The van der Waals surface area contributed by atoms with Crippen LogP contribution < -0.4 is 5.32 Å². The number of hydrogen-bond acceptors (Lipinski definition) is 3. The summed E-state index contributed by atoms with van der Waals surface area (Å²) in [6.45, 7) is 6.73. The molecule has 0 aromatic heterocycles. The molecule has 5 heteroatoms. The summed E-state index contributed by atoms with van der Waals surface area (Å²) in [7, 11) is 0. The van der Waals surface area contributed by atoms with E-state index >= 15 is 0 Å². The topological polar surface area (TPSA) is 49.4 Å². The van der Waals surface area contributed by atoms with Crippen molar-refractivity contribution in [3.8, 4) is 0 Å². The van der Waals surface area contributed by atoms with E-state index in [-0.39, 0.29) is 18.4 Å². The zero-order valence-corrected chi connectivity index (χ0v) is 12.5. The van der Waals surface area contributed by atoms with E-state index in [9.17, 15) is 9.59 Å². The van der Waals surface area contributed by atoms with Crippen molar-refractivity contribution in [1.82, 2.24) is 10.2 Å². The molecular weight excluding hydrogens is 260 g/mol. The Morgan fingerprint density at radius 3 is 2.58 bits per heavy atom. The van der Waals surface area contributed by atoms with E-state index in [1.54, 1.807) is 6.07 Å². The Labute approximate surface area is 119 Å². The van der Waals surface area contributed by atoms with Gasteiger partial charge < -0.3 is 10.2 Å². The molecule has 1 aromatic rings. The van der Waals surface area contributed by atoms with Crippen molar-refractivity contribution in [3.05, 3.63) is 29.3 Å². The zero-order valence-electron chi connectivity index (χ0n) is 11.6. The van der Waals surface area contributed by atoms with E-state index in [1.165, 1.54) is 4.90 Å². The molecule has 104 valence electrons. The predicted molar refractivity (Wildman–Crippen MR) is 78.7 cm³/mol. The molecule has 0 saturated heterocycles. The van der Waals surface area contributed by atoms with Crippen LogP contribution in [0.5, 0.6) is 0 Å². The minimum Gasteiger partial charge on any atom is -0.355 e. The second kappa shape index (κ2) is 7.19. The summed E-state index contributed by atoms with van der Waals surface area (Å²) in [5.74, 6) is -0.278. The molecule has 0 radical (unpaired) electrons. The van der Waals surface area contributed by atoms with Crippen LogP contribution in [0.3, 0.4) is 0 Å². The summed E-state index contributed by atoms with van der Waals surface area (Å²) < 4.78 is 0. The normalized spacial score (nSPS) is 10.1. The molecule has 0 bridgehead atoms. The zero-order chi connectivity index (χ0) is 14.4. The standard InChI is InChI=1S/C14H20N2O2S/c1-4-15-13(17)9-16(5-2)14(18)12-8-11(19)7-6-10(12)3/h6-8,19H,4-5,9H2,1-3H3,(H,15,17). The van der Waals surface area contributed by atoms with Crippen LogP contribution >= 0.6 is 12.6 Å². The van der Waals surface area contributed by atoms with Gasteiger partial charge in [0, 0.05) is 23.5 Å². The molecule has 0 aliphatic heterocycles. The Hall–Kier alpha value is -1.49. The van der Waals surface area contributed by atoms with E-state index in [0.29, 0.717) is 18.7 Å². The molecule has 0 atom stereocenters. The van der Waals surface area contributed by atoms with Gasteiger partial charge in [0.25, 0.3) is 5.91 Å². The molecule has 2 amide bonds. The first kappa shape index (κ1) is 15.6.